The minimum absolute atomic E-state index is 0.0565. The molecular formula is C22H18ClF3N2O4S. The topological polar surface area (TPSA) is 87.7 Å². The number of hydrogen-bond donors (Lipinski definition) is 3. The quantitative estimate of drug-likeness (QED) is 0.414. The number of nitrogens with one attached hydrogen (secondary N) is 2. The Bertz CT molecular complexity index is 1120. The Morgan fingerprint density at radius 3 is 2.58 bits per heavy atom. The van der Waals surface area contributed by atoms with Gasteiger partial charge in [0, 0.05) is 12.1 Å². The number of halogens is 4. The number of aliphatic hydroxyl groups is 1. The summed E-state index contributed by atoms with van der Waals surface area (Å²) in [5, 5.41) is 17.1. The number of alkyl halides is 3. The fourth-order valence-corrected chi connectivity index (χ4v) is 3.46. The van der Waals surface area contributed by atoms with Crippen LogP contribution < -0.4 is 15.4 Å². The molecule has 0 aliphatic carbocycles. The molecule has 1 heterocycles. The lowest BCUT2D eigenvalue weighted by atomic mass is 10.1. The molecule has 0 aliphatic rings. The maximum Gasteiger partial charge on any atom is 0.416 e. The molecular weight excluding hydrogens is 481 g/mol. The highest BCUT2D eigenvalue weighted by molar-refractivity contribution is 7.12. The predicted octanol–water partition coefficient (Wildman–Crippen LogP) is 4.84. The average molecular weight is 499 g/mol. The first kappa shape index (κ1) is 24.6. The highest BCUT2D eigenvalue weighted by atomic mass is 35.5. The molecule has 3 aromatic rings. The van der Waals surface area contributed by atoms with Crippen LogP contribution in [0.2, 0.25) is 5.02 Å². The van der Waals surface area contributed by atoms with Gasteiger partial charge in [0.2, 0.25) is 0 Å². The molecule has 2 aromatic carbocycles. The molecule has 11 heteroatoms. The number of anilines is 1. The van der Waals surface area contributed by atoms with Gasteiger partial charge in [-0.2, -0.15) is 13.2 Å². The molecule has 174 valence electrons. The van der Waals surface area contributed by atoms with Crippen molar-refractivity contribution in [1.82, 2.24) is 5.32 Å². The van der Waals surface area contributed by atoms with Gasteiger partial charge in [0.05, 0.1) is 21.2 Å². The van der Waals surface area contributed by atoms with E-state index >= 15 is 0 Å². The van der Waals surface area contributed by atoms with E-state index in [4.69, 9.17) is 16.3 Å². The molecule has 3 rings (SSSR count). The fourth-order valence-electron chi connectivity index (χ4n) is 2.68. The number of thiophene rings is 1. The van der Waals surface area contributed by atoms with E-state index < -0.39 is 23.8 Å². The zero-order valence-corrected chi connectivity index (χ0v) is 18.4. The highest BCUT2D eigenvalue weighted by Crippen LogP contribution is 2.31. The second-order valence-electron chi connectivity index (χ2n) is 6.83. The molecule has 33 heavy (non-hydrogen) atoms. The largest absolute Gasteiger partial charge is 0.491 e. The number of aliphatic hydroxyl groups excluding tert-OH is 1. The minimum atomic E-state index is -4.51. The van der Waals surface area contributed by atoms with Gasteiger partial charge in [0.1, 0.15) is 18.5 Å². The number of carbonyl (C=O) groups is 2. The Kier molecular flexibility index (Phi) is 7.96. The van der Waals surface area contributed by atoms with Gasteiger partial charge < -0.3 is 20.5 Å². The SMILES string of the molecule is O=C(NCC(O)COc1cccc(C(F)(F)F)c1)c1ccc(Cl)c(NC(=O)c2cccs2)c1. The summed E-state index contributed by atoms with van der Waals surface area (Å²) in [6.45, 7) is -0.540. The standard InChI is InChI=1S/C22H18ClF3N2O4S/c23-17-7-6-13(9-18(17)28-21(31)19-5-2-8-33-19)20(30)27-11-15(29)12-32-16-4-1-3-14(10-16)22(24,25)26/h1-10,15,29H,11-12H2,(H,27,30)(H,28,31). The van der Waals surface area contributed by atoms with Crippen molar-refractivity contribution in [3.63, 3.8) is 0 Å². The summed E-state index contributed by atoms with van der Waals surface area (Å²) >= 11 is 7.36. The van der Waals surface area contributed by atoms with Crippen LogP contribution in [0.25, 0.3) is 0 Å². The van der Waals surface area contributed by atoms with Crippen molar-refractivity contribution in [2.45, 2.75) is 12.3 Å². The second-order valence-corrected chi connectivity index (χ2v) is 8.18. The van der Waals surface area contributed by atoms with Crippen LogP contribution in [-0.4, -0.2) is 36.2 Å². The van der Waals surface area contributed by atoms with E-state index in [9.17, 15) is 27.9 Å². The number of rotatable bonds is 8. The third kappa shape index (κ3) is 6.95. The van der Waals surface area contributed by atoms with Crippen LogP contribution in [0.15, 0.2) is 60.0 Å². The predicted molar refractivity (Wildman–Crippen MR) is 119 cm³/mol. The summed E-state index contributed by atoms with van der Waals surface area (Å²) in [5.41, 5.74) is -0.435. The molecule has 0 saturated heterocycles. The van der Waals surface area contributed by atoms with Crippen molar-refractivity contribution in [1.29, 1.82) is 0 Å². The third-order valence-electron chi connectivity index (χ3n) is 4.32. The molecule has 0 aliphatic heterocycles. The normalized spacial score (nSPS) is 12.2. The van der Waals surface area contributed by atoms with E-state index in [-0.39, 0.29) is 41.1 Å². The van der Waals surface area contributed by atoms with Crippen LogP contribution in [0.1, 0.15) is 25.6 Å². The summed E-state index contributed by atoms with van der Waals surface area (Å²) in [5.74, 6) is -0.970. The van der Waals surface area contributed by atoms with Crippen LogP contribution in [0.3, 0.4) is 0 Å². The molecule has 1 aromatic heterocycles. The lowest BCUT2D eigenvalue weighted by Crippen LogP contribution is -2.35. The molecule has 0 saturated carbocycles. The lowest BCUT2D eigenvalue weighted by molar-refractivity contribution is -0.137. The monoisotopic (exact) mass is 498 g/mol. The number of hydrogen-bond acceptors (Lipinski definition) is 5. The average Bonchev–Trinajstić information content (AvgIpc) is 3.32. The van der Waals surface area contributed by atoms with Crippen LogP contribution in [0.4, 0.5) is 18.9 Å². The van der Waals surface area contributed by atoms with Crippen LogP contribution in [0, 0.1) is 0 Å². The van der Waals surface area contributed by atoms with E-state index in [1.54, 1.807) is 17.5 Å². The number of amides is 2. The van der Waals surface area contributed by atoms with E-state index in [0.29, 0.717) is 4.88 Å². The van der Waals surface area contributed by atoms with E-state index in [2.05, 4.69) is 10.6 Å². The Hall–Kier alpha value is -3.08. The highest BCUT2D eigenvalue weighted by Gasteiger charge is 2.30. The Labute approximate surface area is 196 Å². The maximum absolute atomic E-state index is 12.7. The van der Waals surface area contributed by atoms with Gasteiger partial charge in [-0.15, -0.1) is 11.3 Å². The van der Waals surface area contributed by atoms with Crippen molar-refractivity contribution >= 4 is 40.4 Å². The molecule has 1 atom stereocenters. The second kappa shape index (κ2) is 10.7. The molecule has 0 fully saturated rings. The zero-order chi connectivity index (χ0) is 24.0. The van der Waals surface area contributed by atoms with Crippen molar-refractivity contribution in [3.05, 3.63) is 81.0 Å². The van der Waals surface area contributed by atoms with Gasteiger partial charge in [-0.1, -0.05) is 23.7 Å². The molecule has 1 unspecified atom stereocenters. The first-order valence-electron chi connectivity index (χ1n) is 9.54. The Morgan fingerprint density at radius 1 is 1.09 bits per heavy atom. The first-order valence-corrected chi connectivity index (χ1v) is 10.8. The van der Waals surface area contributed by atoms with E-state index in [0.717, 1.165) is 12.1 Å². The van der Waals surface area contributed by atoms with Crippen LogP contribution in [0.5, 0.6) is 5.75 Å². The lowest BCUT2D eigenvalue weighted by Gasteiger charge is -2.15. The third-order valence-corrected chi connectivity index (χ3v) is 5.52. The summed E-state index contributed by atoms with van der Waals surface area (Å²) < 4.78 is 43.4. The summed E-state index contributed by atoms with van der Waals surface area (Å²) in [6.07, 6.45) is -5.68. The molecule has 2 amide bonds. The zero-order valence-electron chi connectivity index (χ0n) is 16.9. The van der Waals surface area contributed by atoms with Crippen molar-refractivity contribution in [3.8, 4) is 5.75 Å². The van der Waals surface area contributed by atoms with Crippen molar-refractivity contribution < 1.29 is 32.6 Å². The van der Waals surface area contributed by atoms with E-state index in [1.807, 2.05) is 0 Å². The van der Waals surface area contributed by atoms with Gasteiger partial charge in [0.15, 0.2) is 0 Å². The maximum atomic E-state index is 12.7. The van der Waals surface area contributed by atoms with Crippen LogP contribution in [-0.2, 0) is 6.18 Å². The molecule has 3 N–H and O–H groups in total. The Morgan fingerprint density at radius 2 is 1.88 bits per heavy atom. The number of ether oxygens (including phenoxy) is 1. The smallest absolute Gasteiger partial charge is 0.416 e. The van der Waals surface area contributed by atoms with Gasteiger partial charge in [-0.05, 0) is 47.8 Å². The summed E-state index contributed by atoms with van der Waals surface area (Å²) in [4.78, 5) is 25.1. The van der Waals surface area contributed by atoms with Crippen molar-refractivity contribution in [2.24, 2.45) is 0 Å². The van der Waals surface area contributed by atoms with E-state index in [1.165, 1.54) is 41.7 Å². The van der Waals surface area contributed by atoms with Gasteiger partial charge in [-0.25, -0.2) is 0 Å². The fraction of sp³-hybridized carbons (Fsp3) is 0.182. The first-order chi connectivity index (χ1) is 15.6. The summed E-state index contributed by atoms with van der Waals surface area (Å²) in [6, 6.07) is 11.9. The van der Waals surface area contributed by atoms with Crippen LogP contribution >= 0.6 is 22.9 Å². The molecule has 0 bridgehead atoms. The number of carbonyl (C=O) groups excluding carboxylic acids is 2. The van der Waals surface area contributed by atoms with Gasteiger partial charge >= 0.3 is 6.18 Å². The van der Waals surface area contributed by atoms with Gasteiger partial charge in [-0.3, -0.25) is 9.59 Å². The van der Waals surface area contributed by atoms with Gasteiger partial charge in [0.25, 0.3) is 11.8 Å². The molecule has 6 nitrogen and oxygen atoms in total. The summed E-state index contributed by atoms with van der Waals surface area (Å²) in [7, 11) is 0. The minimum Gasteiger partial charge on any atom is -0.491 e. The molecule has 0 radical (unpaired) electrons. The van der Waals surface area contributed by atoms with Crippen molar-refractivity contribution in [2.75, 3.05) is 18.5 Å². The number of benzene rings is 2. The Balaban J connectivity index is 1.53. The molecule has 0 spiro atoms.